The first-order valence-corrected chi connectivity index (χ1v) is 12.6. The van der Waals surface area contributed by atoms with Crippen LogP contribution < -0.4 is 15.0 Å². The quantitative estimate of drug-likeness (QED) is 0.339. The summed E-state index contributed by atoms with van der Waals surface area (Å²) in [6, 6.07) is 3.75. The van der Waals surface area contributed by atoms with Gasteiger partial charge in [-0.1, -0.05) is 0 Å². The lowest BCUT2D eigenvalue weighted by atomic mass is 10.1. The van der Waals surface area contributed by atoms with Crippen molar-refractivity contribution < 1.29 is 9.13 Å². The van der Waals surface area contributed by atoms with Crippen molar-refractivity contribution >= 4 is 34.1 Å². The van der Waals surface area contributed by atoms with Gasteiger partial charge in [-0.25, -0.2) is 23.9 Å². The molecule has 2 saturated heterocycles. The number of nitrogens with one attached hydrogen (secondary N) is 2. The van der Waals surface area contributed by atoms with Crippen molar-refractivity contribution in [3.8, 4) is 17.3 Å². The minimum atomic E-state index is -0.359. The lowest BCUT2D eigenvalue weighted by molar-refractivity contribution is 0.262. The van der Waals surface area contributed by atoms with Gasteiger partial charge >= 0.3 is 0 Å². The largest absolute Gasteiger partial charge is 0.476 e. The molecule has 2 atom stereocenters. The predicted molar refractivity (Wildman–Crippen MR) is 133 cm³/mol. The van der Waals surface area contributed by atoms with Gasteiger partial charge in [-0.2, -0.15) is 5.10 Å². The van der Waals surface area contributed by atoms with Gasteiger partial charge in [0, 0.05) is 24.3 Å². The zero-order valence-electron chi connectivity index (χ0n) is 18.4. The summed E-state index contributed by atoms with van der Waals surface area (Å²) in [5.74, 6) is 1.68. The van der Waals surface area contributed by atoms with Crippen molar-refractivity contribution in [3.63, 3.8) is 0 Å². The molecule has 0 radical (unpaired) electrons. The van der Waals surface area contributed by atoms with Gasteiger partial charge in [-0.15, -0.1) is 0 Å². The number of fused-ring (bicyclic) bond motifs is 1. The number of imidazole rings is 1. The molecule has 2 aliphatic rings. The summed E-state index contributed by atoms with van der Waals surface area (Å²) in [6.07, 6.45) is 10.7. The smallest absolute Gasteiger partial charge is 0.218 e. The third kappa shape index (κ3) is 4.11. The van der Waals surface area contributed by atoms with E-state index in [1.807, 2.05) is 12.3 Å². The molecule has 6 heterocycles. The van der Waals surface area contributed by atoms with Gasteiger partial charge in [0.1, 0.15) is 24.1 Å². The molecular formula is C23H24FIN8O. The highest BCUT2D eigenvalue weighted by atomic mass is 127. The molecule has 6 rings (SSSR count). The minimum Gasteiger partial charge on any atom is -0.476 e. The predicted octanol–water partition coefficient (Wildman–Crippen LogP) is 3.73. The molecule has 0 saturated carbocycles. The SMILES string of the molecule is Fc1cnc(OCC2CCCN2)c([C@H]2CCCN2c2ccn3ncc(-c4ncc(I)[nH]4)c3n2)c1. The molecule has 34 heavy (non-hydrogen) atoms. The van der Waals surface area contributed by atoms with Crippen LogP contribution in [0.3, 0.4) is 0 Å². The second-order valence-electron chi connectivity index (χ2n) is 8.70. The van der Waals surface area contributed by atoms with Crippen LogP contribution in [-0.2, 0) is 0 Å². The maximum atomic E-state index is 14.3. The second kappa shape index (κ2) is 9.10. The van der Waals surface area contributed by atoms with Gasteiger partial charge < -0.3 is 19.9 Å². The number of hydrogen-bond donors (Lipinski definition) is 2. The number of nitrogens with zero attached hydrogens (tertiary/aromatic N) is 6. The van der Waals surface area contributed by atoms with E-state index in [9.17, 15) is 4.39 Å². The van der Waals surface area contributed by atoms with Crippen LogP contribution in [0, 0.1) is 9.52 Å². The zero-order valence-corrected chi connectivity index (χ0v) is 20.6. The average Bonchev–Trinajstić information content (AvgIpc) is 3.64. The summed E-state index contributed by atoms with van der Waals surface area (Å²) in [5.41, 5.74) is 2.32. The normalized spacial score (nSPS) is 20.5. The van der Waals surface area contributed by atoms with Crippen LogP contribution in [0.5, 0.6) is 5.88 Å². The lowest BCUT2D eigenvalue weighted by Crippen LogP contribution is -2.29. The Morgan fingerprint density at radius 1 is 1.18 bits per heavy atom. The van der Waals surface area contributed by atoms with Gasteiger partial charge in [-0.05, 0) is 67.0 Å². The van der Waals surface area contributed by atoms with Crippen LogP contribution in [0.4, 0.5) is 10.2 Å². The van der Waals surface area contributed by atoms with Gasteiger partial charge in [0.05, 0.1) is 33.9 Å². The van der Waals surface area contributed by atoms with Crippen LogP contribution in [0.15, 0.2) is 36.9 Å². The minimum absolute atomic E-state index is 0.0689. The van der Waals surface area contributed by atoms with Crippen molar-refractivity contribution in [2.24, 2.45) is 0 Å². The van der Waals surface area contributed by atoms with Gasteiger partial charge in [0.15, 0.2) is 5.65 Å². The first-order chi connectivity index (χ1) is 16.7. The number of hydrogen-bond acceptors (Lipinski definition) is 7. The fraction of sp³-hybridized carbons (Fsp3) is 0.391. The van der Waals surface area contributed by atoms with E-state index in [0.717, 1.165) is 70.9 Å². The molecular weight excluding hydrogens is 550 g/mol. The lowest BCUT2D eigenvalue weighted by Gasteiger charge is -2.27. The summed E-state index contributed by atoms with van der Waals surface area (Å²) in [4.78, 5) is 19.1. The van der Waals surface area contributed by atoms with E-state index in [1.54, 1.807) is 23.0 Å². The third-order valence-electron chi connectivity index (χ3n) is 6.49. The van der Waals surface area contributed by atoms with E-state index in [0.29, 0.717) is 18.5 Å². The van der Waals surface area contributed by atoms with Crippen LogP contribution >= 0.6 is 22.6 Å². The summed E-state index contributed by atoms with van der Waals surface area (Å²) in [7, 11) is 0. The molecule has 4 aromatic rings. The molecule has 4 aromatic heterocycles. The fourth-order valence-electron chi connectivity index (χ4n) is 4.87. The van der Waals surface area contributed by atoms with E-state index in [4.69, 9.17) is 9.72 Å². The van der Waals surface area contributed by atoms with Gasteiger partial charge in [-0.3, -0.25) is 0 Å². The number of halogens is 2. The van der Waals surface area contributed by atoms with E-state index in [1.165, 1.54) is 6.20 Å². The van der Waals surface area contributed by atoms with Gasteiger partial charge in [0.25, 0.3) is 0 Å². The molecule has 11 heteroatoms. The molecule has 176 valence electrons. The van der Waals surface area contributed by atoms with E-state index >= 15 is 0 Å². The number of rotatable bonds is 6. The summed E-state index contributed by atoms with van der Waals surface area (Å²) in [5, 5.41) is 7.86. The van der Waals surface area contributed by atoms with Crippen molar-refractivity contribution in [1.82, 2.24) is 34.9 Å². The number of anilines is 1. The molecule has 0 aliphatic carbocycles. The maximum Gasteiger partial charge on any atom is 0.218 e. The summed E-state index contributed by atoms with van der Waals surface area (Å²) in [6.45, 7) is 2.36. The number of aromatic amines is 1. The number of H-pyrrole nitrogens is 1. The Labute approximate surface area is 209 Å². The van der Waals surface area contributed by atoms with Crippen LogP contribution in [0.25, 0.3) is 17.0 Å². The molecule has 0 spiro atoms. The second-order valence-corrected chi connectivity index (χ2v) is 9.86. The molecule has 2 fully saturated rings. The van der Waals surface area contributed by atoms with E-state index in [2.05, 4.69) is 52.9 Å². The summed E-state index contributed by atoms with van der Waals surface area (Å²) >= 11 is 2.19. The molecule has 9 nitrogen and oxygen atoms in total. The Bertz CT molecular complexity index is 1320. The van der Waals surface area contributed by atoms with Crippen LogP contribution in [0.1, 0.15) is 37.3 Å². The highest BCUT2D eigenvalue weighted by molar-refractivity contribution is 14.1. The van der Waals surface area contributed by atoms with Gasteiger partial charge in [0.2, 0.25) is 5.88 Å². The number of pyridine rings is 1. The van der Waals surface area contributed by atoms with Crippen molar-refractivity contribution in [1.29, 1.82) is 0 Å². The maximum absolute atomic E-state index is 14.3. The standard InChI is InChI=1S/C23H24FIN8O/c24-14-9-16(23(28-10-14)34-13-15-3-1-6-26-15)18-4-2-7-32(18)20-5-8-33-22(31-20)17(11-29-33)21-27-12-19(25)30-21/h5,8-12,15,18,26H,1-4,6-7,13H2,(H,27,30)/t15?,18-/m1/s1. The molecule has 2 N–H and O–H groups in total. The van der Waals surface area contributed by atoms with Crippen LogP contribution in [-0.4, -0.2) is 55.3 Å². The Kier molecular flexibility index (Phi) is 5.81. The third-order valence-corrected chi connectivity index (χ3v) is 7.04. The average molecular weight is 574 g/mol. The molecule has 0 aromatic carbocycles. The highest BCUT2D eigenvalue weighted by Gasteiger charge is 2.31. The number of ether oxygens (including phenoxy) is 1. The Balaban J connectivity index is 1.33. The zero-order chi connectivity index (χ0) is 23.1. The topological polar surface area (TPSA) is 96.3 Å². The summed E-state index contributed by atoms with van der Waals surface area (Å²) < 4.78 is 23.1. The van der Waals surface area contributed by atoms with Crippen molar-refractivity contribution in [3.05, 3.63) is 52.0 Å². The Hall–Kier alpha value is -2.80. The monoisotopic (exact) mass is 574 g/mol. The van der Waals surface area contributed by atoms with Crippen molar-refractivity contribution in [2.75, 3.05) is 24.6 Å². The fourth-order valence-corrected chi connectivity index (χ4v) is 5.26. The Morgan fingerprint density at radius 2 is 2.12 bits per heavy atom. The van der Waals surface area contributed by atoms with E-state index < -0.39 is 0 Å². The first-order valence-electron chi connectivity index (χ1n) is 11.5. The van der Waals surface area contributed by atoms with Crippen molar-refractivity contribution in [2.45, 2.75) is 37.8 Å². The molecule has 2 aliphatic heterocycles. The van der Waals surface area contributed by atoms with E-state index in [-0.39, 0.29) is 11.9 Å². The highest BCUT2D eigenvalue weighted by Crippen LogP contribution is 2.39. The first kappa shape index (κ1) is 21.7. The van der Waals surface area contributed by atoms with Crippen LogP contribution in [0.2, 0.25) is 0 Å². The molecule has 1 unspecified atom stereocenters. The Morgan fingerprint density at radius 3 is 2.94 bits per heavy atom. The molecule has 0 bridgehead atoms. The number of aromatic nitrogens is 6. The molecule has 0 amide bonds.